The van der Waals surface area contributed by atoms with Gasteiger partial charge in [0, 0.05) is 36.7 Å². The number of ether oxygens (including phenoxy) is 3. The lowest BCUT2D eigenvalue weighted by atomic mass is 9.99. The van der Waals surface area contributed by atoms with Crippen molar-refractivity contribution < 1.29 is 23.8 Å². The van der Waals surface area contributed by atoms with Gasteiger partial charge in [0.15, 0.2) is 18.1 Å². The fourth-order valence-corrected chi connectivity index (χ4v) is 4.06. The normalized spacial score (nSPS) is 13.1. The number of rotatable bonds is 6. The zero-order valence-corrected chi connectivity index (χ0v) is 18.0. The average molecular weight is 422 g/mol. The molecule has 1 amide bonds. The molecule has 0 fully saturated rings. The van der Waals surface area contributed by atoms with E-state index in [1.165, 1.54) is 0 Å². The number of methoxy groups -OCH3 is 2. The first-order valence-corrected chi connectivity index (χ1v) is 10.3. The highest BCUT2D eigenvalue weighted by atomic mass is 16.5. The summed E-state index contributed by atoms with van der Waals surface area (Å²) in [5.41, 5.74) is 3.59. The Bertz CT molecular complexity index is 1130. The van der Waals surface area contributed by atoms with Gasteiger partial charge < -0.3 is 23.7 Å². The van der Waals surface area contributed by atoms with Gasteiger partial charge in [-0.25, -0.2) is 4.79 Å². The molecule has 7 nitrogen and oxygen atoms in total. The van der Waals surface area contributed by atoms with Gasteiger partial charge in [-0.05, 0) is 42.7 Å². The van der Waals surface area contributed by atoms with Crippen molar-refractivity contribution in [3.05, 3.63) is 59.3 Å². The first-order chi connectivity index (χ1) is 15.0. The maximum absolute atomic E-state index is 12.7. The highest BCUT2D eigenvalue weighted by Crippen LogP contribution is 2.33. The van der Waals surface area contributed by atoms with Crippen molar-refractivity contribution in [2.45, 2.75) is 26.4 Å². The molecule has 0 unspecified atom stereocenters. The van der Waals surface area contributed by atoms with Crippen molar-refractivity contribution in [2.75, 3.05) is 27.4 Å². The number of para-hydroxylation sites is 1. The van der Waals surface area contributed by atoms with Crippen LogP contribution in [0.5, 0.6) is 11.5 Å². The largest absolute Gasteiger partial charge is 0.493 e. The van der Waals surface area contributed by atoms with Crippen LogP contribution in [0.15, 0.2) is 42.6 Å². The number of benzene rings is 2. The first kappa shape index (κ1) is 20.8. The van der Waals surface area contributed by atoms with E-state index in [1.54, 1.807) is 25.3 Å². The minimum atomic E-state index is -0.486. The number of esters is 1. The number of nitrogens with zero attached hydrogens (tertiary/aromatic N) is 2. The number of aryl methyl sites for hydroxylation is 1. The lowest BCUT2D eigenvalue weighted by molar-refractivity contribution is -0.135. The zero-order chi connectivity index (χ0) is 22.0. The smallest absolute Gasteiger partial charge is 0.340 e. The summed E-state index contributed by atoms with van der Waals surface area (Å²) in [6, 6.07) is 11.5. The van der Waals surface area contributed by atoms with E-state index >= 15 is 0 Å². The summed E-state index contributed by atoms with van der Waals surface area (Å²) in [4.78, 5) is 27.1. The standard InChI is InChI=1S/C24H26N2O5/c1-4-25-14-19(18-7-5-6-8-20(18)25)24(28)31-15-23(27)26-10-9-16-11-21(29-2)22(30-3)12-17(16)13-26/h5-8,11-12,14H,4,9-10,13,15H2,1-3H3. The number of carbonyl (C=O) groups excluding carboxylic acids is 2. The van der Waals surface area contributed by atoms with Crippen LogP contribution < -0.4 is 9.47 Å². The Morgan fingerprint density at radius 1 is 1.03 bits per heavy atom. The highest BCUT2D eigenvalue weighted by molar-refractivity contribution is 6.04. The van der Waals surface area contributed by atoms with Crippen molar-refractivity contribution in [1.29, 1.82) is 0 Å². The monoisotopic (exact) mass is 422 g/mol. The predicted molar refractivity (Wildman–Crippen MR) is 117 cm³/mol. The van der Waals surface area contributed by atoms with E-state index in [0.717, 1.165) is 28.6 Å². The van der Waals surface area contributed by atoms with Crippen molar-refractivity contribution in [2.24, 2.45) is 0 Å². The van der Waals surface area contributed by atoms with Crippen molar-refractivity contribution in [3.63, 3.8) is 0 Å². The van der Waals surface area contributed by atoms with Gasteiger partial charge in [-0.2, -0.15) is 0 Å². The van der Waals surface area contributed by atoms with Gasteiger partial charge >= 0.3 is 5.97 Å². The van der Waals surface area contributed by atoms with E-state index in [2.05, 4.69) is 0 Å². The van der Waals surface area contributed by atoms with E-state index < -0.39 is 5.97 Å². The van der Waals surface area contributed by atoms with Crippen molar-refractivity contribution in [1.82, 2.24) is 9.47 Å². The first-order valence-electron chi connectivity index (χ1n) is 10.3. The number of fused-ring (bicyclic) bond motifs is 2. The summed E-state index contributed by atoms with van der Waals surface area (Å²) >= 11 is 0. The Kier molecular flexibility index (Phi) is 5.84. The van der Waals surface area contributed by atoms with E-state index in [9.17, 15) is 9.59 Å². The minimum absolute atomic E-state index is 0.215. The molecule has 0 bridgehead atoms. The molecular weight excluding hydrogens is 396 g/mol. The fraction of sp³-hybridized carbons (Fsp3) is 0.333. The second-order valence-corrected chi connectivity index (χ2v) is 7.46. The summed E-state index contributed by atoms with van der Waals surface area (Å²) in [5, 5.41) is 0.828. The average Bonchev–Trinajstić information content (AvgIpc) is 3.20. The van der Waals surface area contributed by atoms with Crippen molar-refractivity contribution in [3.8, 4) is 11.5 Å². The van der Waals surface area contributed by atoms with Crippen LogP contribution in [-0.4, -0.2) is 48.7 Å². The molecule has 0 spiro atoms. The minimum Gasteiger partial charge on any atom is -0.493 e. The molecule has 7 heteroatoms. The second-order valence-electron chi connectivity index (χ2n) is 7.46. The van der Waals surface area contributed by atoms with E-state index in [0.29, 0.717) is 36.6 Å². The quantitative estimate of drug-likeness (QED) is 0.570. The molecule has 1 aromatic heterocycles. The molecule has 0 radical (unpaired) electrons. The molecular formula is C24H26N2O5. The topological polar surface area (TPSA) is 70.0 Å². The van der Waals surface area contributed by atoms with Gasteiger partial charge in [-0.3, -0.25) is 4.79 Å². The van der Waals surface area contributed by atoms with Crippen LogP contribution in [0.3, 0.4) is 0 Å². The zero-order valence-electron chi connectivity index (χ0n) is 18.0. The molecule has 2 heterocycles. The maximum Gasteiger partial charge on any atom is 0.340 e. The van der Waals surface area contributed by atoms with Crippen LogP contribution in [0.25, 0.3) is 10.9 Å². The number of hydrogen-bond acceptors (Lipinski definition) is 5. The summed E-state index contributed by atoms with van der Waals surface area (Å²) in [6.07, 6.45) is 2.49. The van der Waals surface area contributed by atoms with E-state index in [4.69, 9.17) is 14.2 Å². The van der Waals surface area contributed by atoms with Gasteiger partial charge in [0.1, 0.15) is 0 Å². The Labute approximate surface area is 181 Å². The SMILES string of the molecule is CCn1cc(C(=O)OCC(=O)N2CCc3cc(OC)c(OC)cc3C2)c2ccccc21. The molecule has 31 heavy (non-hydrogen) atoms. The summed E-state index contributed by atoms with van der Waals surface area (Å²) in [7, 11) is 3.19. The van der Waals surface area contributed by atoms with Crippen LogP contribution in [0.2, 0.25) is 0 Å². The Morgan fingerprint density at radius 3 is 2.45 bits per heavy atom. The van der Waals surface area contributed by atoms with Crippen LogP contribution in [-0.2, 0) is 29.0 Å². The lowest BCUT2D eigenvalue weighted by Gasteiger charge is -2.29. The lowest BCUT2D eigenvalue weighted by Crippen LogP contribution is -2.38. The van der Waals surface area contributed by atoms with Crippen LogP contribution in [0.1, 0.15) is 28.4 Å². The van der Waals surface area contributed by atoms with Gasteiger partial charge in [-0.1, -0.05) is 18.2 Å². The molecule has 3 aromatic rings. The number of carbonyl (C=O) groups is 2. The molecule has 2 aromatic carbocycles. The molecule has 0 saturated heterocycles. The third-order valence-corrected chi connectivity index (χ3v) is 5.75. The van der Waals surface area contributed by atoms with Crippen molar-refractivity contribution >= 4 is 22.8 Å². The number of amides is 1. The maximum atomic E-state index is 12.7. The molecule has 1 aliphatic heterocycles. The molecule has 162 valence electrons. The van der Waals surface area contributed by atoms with E-state index in [-0.39, 0.29) is 12.5 Å². The summed E-state index contributed by atoms with van der Waals surface area (Å²) in [6.45, 7) is 3.49. The predicted octanol–water partition coefficient (Wildman–Crippen LogP) is 3.42. The molecule has 0 atom stereocenters. The fourth-order valence-electron chi connectivity index (χ4n) is 4.06. The highest BCUT2D eigenvalue weighted by Gasteiger charge is 2.24. The molecule has 4 rings (SSSR count). The second kappa shape index (κ2) is 8.71. The Hall–Kier alpha value is -3.48. The molecule has 0 saturated carbocycles. The molecule has 0 aliphatic carbocycles. The van der Waals surface area contributed by atoms with Gasteiger partial charge in [0.2, 0.25) is 0 Å². The van der Waals surface area contributed by atoms with Gasteiger partial charge in [-0.15, -0.1) is 0 Å². The van der Waals surface area contributed by atoms with Crippen LogP contribution >= 0.6 is 0 Å². The number of hydrogen-bond donors (Lipinski definition) is 0. The molecule has 1 aliphatic rings. The van der Waals surface area contributed by atoms with Gasteiger partial charge in [0.05, 0.1) is 19.8 Å². The van der Waals surface area contributed by atoms with E-state index in [1.807, 2.05) is 47.9 Å². The molecule has 0 N–H and O–H groups in total. The Morgan fingerprint density at radius 2 is 1.74 bits per heavy atom. The van der Waals surface area contributed by atoms with Crippen LogP contribution in [0.4, 0.5) is 0 Å². The van der Waals surface area contributed by atoms with Crippen LogP contribution in [0, 0.1) is 0 Å². The third-order valence-electron chi connectivity index (χ3n) is 5.75. The number of aromatic nitrogens is 1. The summed E-state index contributed by atoms with van der Waals surface area (Å²) < 4.78 is 18.1. The Balaban J connectivity index is 1.44. The van der Waals surface area contributed by atoms with Gasteiger partial charge in [0.25, 0.3) is 5.91 Å². The third kappa shape index (κ3) is 3.95. The summed E-state index contributed by atoms with van der Waals surface area (Å²) in [5.74, 6) is 0.615.